The molecule has 0 amide bonds. The van der Waals surface area contributed by atoms with Gasteiger partial charge in [-0.3, -0.25) is 0 Å². The number of aliphatic hydroxyl groups is 1. The first-order chi connectivity index (χ1) is 17.8. The van der Waals surface area contributed by atoms with Gasteiger partial charge in [0.2, 0.25) is 0 Å². The van der Waals surface area contributed by atoms with Crippen molar-refractivity contribution in [3.05, 3.63) is 76.8 Å². The lowest BCUT2D eigenvalue weighted by Gasteiger charge is -2.27. The van der Waals surface area contributed by atoms with Gasteiger partial charge in [0.05, 0.1) is 28.0 Å². The van der Waals surface area contributed by atoms with Crippen molar-refractivity contribution in [2.75, 3.05) is 37.8 Å². The van der Waals surface area contributed by atoms with Crippen molar-refractivity contribution in [3.8, 4) is 11.5 Å². The van der Waals surface area contributed by atoms with E-state index in [-0.39, 0.29) is 5.02 Å². The molecule has 5 rings (SSSR count). The van der Waals surface area contributed by atoms with Crippen molar-refractivity contribution in [1.82, 2.24) is 14.9 Å². The van der Waals surface area contributed by atoms with Crippen molar-refractivity contribution in [1.29, 1.82) is 0 Å². The van der Waals surface area contributed by atoms with E-state index in [0.29, 0.717) is 58.0 Å². The second kappa shape index (κ2) is 10.0. The number of hydrogen-bond donors (Lipinski definition) is 4. The Labute approximate surface area is 218 Å². The van der Waals surface area contributed by atoms with Crippen molar-refractivity contribution in [2.24, 2.45) is 0 Å². The van der Waals surface area contributed by atoms with E-state index in [0.717, 1.165) is 12.8 Å². The maximum atomic E-state index is 13.5. The third-order valence-electron chi connectivity index (χ3n) is 6.69. The summed E-state index contributed by atoms with van der Waals surface area (Å²) in [6, 6.07) is 10.7. The Hall–Kier alpha value is -3.66. The largest absolute Gasteiger partial charge is 0.457 e. The van der Waals surface area contributed by atoms with Gasteiger partial charge in [0.15, 0.2) is 0 Å². The monoisotopic (exact) mass is 523 g/mol. The number of H-pyrrole nitrogens is 1. The molecule has 4 N–H and O–H groups in total. The van der Waals surface area contributed by atoms with Gasteiger partial charge in [-0.05, 0) is 37.7 Å². The lowest BCUT2D eigenvalue weighted by molar-refractivity contribution is -0.111. The highest BCUT2D eigenvalue weighted by atomic mass is 35.5. The predicted molar refractivity (Wildman–Crippen MR) is 142 cm³/mol. The Balaban J connectivity index is 1.51. The van der Waals surface area contributed by atoms with E-state index in [9.17, 15) is 14.3 Å². The first-order valence-corrected chi connectivity index (χ1v) is 12.2. The van der Waals surface area contributed by atoms with E-state index in [4.69, 9.17) is 16.3 Å². The van der Waals surface area contributed by atoms with Crippen LogP contribution in [0.25, 0.3) is 11.0 Å². The maximum absolute atomic E-state index is 13.5. The standard InChI is InChI=1S/C27H27ClFN5O3/c1-30-22-13-32-26-23(24(22)33-27(15-35)8-9-34(2)14-27)20(12-31-26)25(36)19-7-6-18(11-21(19)28)37-17-5-3-4-16(29)10-17/h3-7,10-13,15,25,30,36H,8-9,14H2,1-2H3,(H2,31,32,33). The van der Waals surface area contributed by atoms with Gasteiger partial charge in [-0.15, -0.1) is 0 Å². The van der Waals surface area contributed by atoms with Crippen LogP contribution in [0.2, 0.25) is 5.02 Å². The summed E-state index contributed by atoms with van der Waals surface area (Å²) in [7, 11) is 3.75. The zero-order valence-electron chi connectivity index (χ0n) is 20.4. The van der Waals surface area contributed by atoms with E-state index in [1.54, 1.807) is 49.8 Å². The molecular weight excluding hydrogens is 497 g/mol. The highest BCUT2D eigenvalue weighted by Crippen LogP contribution is 2.41. The number of pyridine rings is 1. The number of hydrogen-bond acceptors (Lipinski definition) is 7. The fourth-order valence-electron chi connectivity index (χ4n) is 4.79. The Morgan fingerprint density at radius 1 is 1.27 bits per heavy atom. The summed E-state index contributed by atoms with van der Waals surface area (Å²) >= 11 is 6.57. The number of carbonyl (C=O) groups excluding carboxylic acids is 1. The summed E-state index contributed by atoms with van der Waals surface area (Å²) in [5.74, 6) is 0.337. The van der Waals surface area contributed by atoms with Crippen LogP contribution >= 0.6 is 11.6 Å². The Kier molecular flexibility index (Phi) is 6.76. The van der Waals surface area contributed by atoms with Crippen LogP contribution in [0.4, 0.5) is 15.8 Å². The zero-order valence-corrected chi connectivity index (χ0v) is 21.1. The van der Waals surface area contributed by atoms with E-state index in [1.165, 1.54) is 12.1 Å². The minimum atomic E-state index is -1.10. The Morgan fingerprint density at radius 2 is 2.08 bits per heavy atom. The molecule has 37 heavy (non-hydrogen) atoms. The van der Waals surface area contributed by atoms with Gasteiger partial charge < -0.3 is 35.2 Å². The quantitative estimate of drug-likeness (QED) is 0.242. The molecule has 8 nitrogen and oxygen atoms in total. The third-order valence-corrected chi connectivity index (χ3v) is 7.01. The number of carbonyl (C=O) groups is 1. The van der Waals surface area contributed by atoms with Crippen LogP contribution < -0.4 is 15.4 Å². The fraction of sp³-hybridized carbons (Fsp3) is 0.259. The number of aromatic nitrogens is 2. The van der Waals surface area contributed by atoms with Crippen LogP contribution in [-0.4, -0.2) is 59.0 Å². The molecule has 2 atom stereocenters. The molecule has 0 saturated carbocycles. The molecule has 192 valence electrons. The van der Waals surface area contributed by atoms with E-state index >= 15 is 0 Å². The van der Waals surface area contributed by atoms with Crippen LogP contribution in [-0.2, 0) is 4.79 Å². The van der Waals surface area contributed by atoms with Crippen LogP contribution in [0.15, 0.2) is 54.9 Å². The summed E-state index contributed by atoms with van der Waals surface area (Å²) < 4.78 is 19.2. The summed E-state index contributed by atoms with van der Waals surface area (Å²) in [5.41, 5.74) is 2.18. The molecule has 3 heterocycles. The summed E-state index contributed by atoms with van der Waals surface area (Å²) in [5, 5.41) is 19.0. The first-order valence-electron chi connectivity index (χ1n) is 11.8. The normalized spacial score (nSPS) is 18.6. The minimum absolute atomic E-state index is 0.282. The third kappa shape index (κ3) is 4.85. The SMILES string of the molecule is CNc1cnc2[nH]cc(C(O)c3ccc(Oc4cccc(F)c4)cc3Cl)c2c1NC1(C=O)CCN(C)C1. The molecule has 0 bridgehead atoms. The number of benzene rings is 2. The number of aldehydes is 1. The number of likely N-dealkylation sites (tertiary alicyclic amines) is 1. The molecule has 1 saturated heterocycles. The van der Waals surface area contributed by atoms with E-state index in [1.807, 2.05) is 7.05 Å². The van der Waals surface area contributed by atoms with Crippen LogP contribution in [0.1, 0.15) is 23.7 Å². The van der Waals surface area contributed by atoms with Crippen molar-refractivity contribution < 1.29 is 19.0 Å². The molecule has 2 aromatic heterocycles. The molecule has 1 aliphatic heterocycles. The van der Waals surface area contributed by atoms with Crippen molar-refractivity contribution >= 4 is 40.3 Å². The van der Waals surface area contributed by atoms with Crippen molar-refractivity contribution in [3.63, 3.8) is 0 Å². The van der Waals surface area contributed by atoms with Gasteiger partial charge >= 0.3 is 0 Å². The number of fused-ring (bicyclic) bond motifs is 1. The molecule has 1 aliphatic rings. The molecule has 0 radical (unpaired) electrons. The molecule has 1 fully saturated rings. The number of rotatable bonds is 8. The molecule has 0 aliphatic carbocycles. The smallest absolute Gasteiger partial charge is 0.146 e. The predicted octanol–water partition coefficient (Wildman–Crippen LogP) is 4.96. The second-order valence-corrected chi connectivity index (χ2v) is 9.70. The number of nitrogens with one attached hydrogen (secondary N) is 3. The number of aromatic amines is 1. The van der Waals surface area contributed by atoms with Crippen LogP contribution in [0.3, 0.4) is 0 Å². The number of halogens is 2. The number of nitrogens with zero attached hydrogens (tertiary/aromatic N) is 2. The zero-order chi connectivity index (χ0) is 26.2. The highest BCUT2D eigenvalue weighted by Gasteiger charge is 2.38. The Bertz CT molecular complexity index is 1460. The van der Waals surface area contributed by atoms with Gasteiger partial charge in [-0.25, -0.2) is 9.37 Å². The summed E-state index contributed by atoms with van der Waals surface area (Å²) in [6.45, 7) is 1.35. The second-order valence-electron chi connectivity index (χ2n) is 9.30. The number of aliphatic hydroxyl groups excluding tert-OH is 1. The molecule has 4 aromatic rings. The van der Waals surface area contributed by atoms with Crippen LogP contribution in [0, 0.1) is 5.82 Å². The van der Waals surface area contributed by atoms with Gasteiger partial charge in [-0.2, -0.15) is 0 Å². The van der Waals surface area contributed by atoms with Crippen molar-refractivity contribution in [2.45, 2.75) is 18.1 Å². The van der Waals surface area contributed by atoms with Gasteiger partial charge in [-0.1, -0.05) is 23.7 Å². The molecule has 10 heteroatoms. The number of ether oxygens (including phenoxy) is 1. The molecule has 0 spiro atoms. The highest BCUT2D eigenvalue weighted by molar-refractivity contribution is 6.31. The lowest BCUT2D eigenvalue weighted by Crippen LogP contribution is -2.42. The van der Waals surface area contributed by atoms with Gasteiger partial charge in [0, 0.05) is 43.5 Å². The average Bonchev–Trinajstić information content (AvgIpc) is 3.48. The summed E-state index contributed by atoms with van der Waals surface area (Å²) in [4.78, 5) is 21.9. The average molecular weight is 524 g/mol. The maximum Gasteiger partial charge on any atom is 0.146 e. The minimum Gasteiger partial charge on any atom is -0.457 e. The first kappa shape index (κ1) is 25.0. The Morgan fingerprint density at radius 3 is 2.76 bits per heavy atom. The molecule has 2 aromatic carbocycles. The van der Waals surface area contributed by atoms with E-state index in [2.05, 4.69) is 25.5 Å². The van der Waals surface area contributed by atoms with Crippen LogP contribution in [0.5, 0.6) is 11.5 Å². The molecular formula is C27H27ClFN5O3. The molecule has 2 unspecified atom stereocenters. The lowest BCUT2D eigenvalue weighted by atomic mass is 9.97. The van der Waals surface area contributed by atoms with E-state index < -0.39 is 17.5 Å². The number of likely N-dealkylation sites (N-methyl/N-ethyl adjacent to an activating group) is 1. The van der Waals surface area contributed by atoms with Gasteiger partial charge in [0.1, 0.15) is 40.9 Å². The summed E-state index contributed by atoms with van der Waals surface area (Å²) in [6.07, 6.45) is 3.88. The van der Waals surface area contributed by atoms with Gasteiger partial charge in [0.25, 0.3) is 0 Å². The topological polar surface area (TPSA) is 103 Å². The fourth-order valence-corrected chi connectivity index (χ4v) is 5.06. The number of anilines is 2.